The maximum atomic E-state index is 3.66. The van der Waals surface area contributed by atoms with Crippen molar-refractivity contribution in [3.8, 4) is 0 Å². The molecule has 1 fully saturated rings. The van der Waals surface area contributed by atoms with Crippen LogP contribution in [0.15, 0.2) is 17.5 Å². The number of thiophene rings is 1. The molecule has 1 unspecified atom stereocenters. The molecule has 90 valence electrons. The van der Waals surface area contributed by atoms with Crippen molar-refractivity contribution >= 4 is 11.3 Å². The highest BCUT2D eigenvalue weighted by atomic mass is 32.1. The molecular formula is C13H22N2S. The maximum Gasteiger partial charge on any atom is 0.0302 e. The summed E-state index contributed by atoms with van der Waals surface area (Å²) in [5, 5.41) is 5.81. The van der Waals surface area contributed by atoms with Crippen molar-refractivity contribution in [3.05, 3.63) is 22.4 Å². The zero-order chi connectivity index (χ0) is 11.4. The average molecular weight is 238 g/mol. The fraction of sp³-hybridized carbons (Fsp3) is 0.692. The zero-order valence-electron chi connectivity index (χ0n) is 10.3. The van der Waals surface area contributed by atoms with Crippen molar-refractivity contribution in [3.63, 3.8) is 0 Å². The molecule has 1 aliphatic heterocycles. The Kier molecular flexibility index (Phi) is 4.38. The lowest BCUT2D eigenvalue weighted by molar-refractivity contribution is 0.189. The summed E-state index contributed by atoms with van der Waals surface area (Å²) in [5.41, 5.74) is 0. The summed E-state index contributed by atoms with van der Waals surface area (Å²) >= 11 is 1.84. The second-order valence-electron chi connectivity index (χ2n) is 4.89. The number of piperidine rings is 1. The number of nitrogens with one attached hydrogen (secondary N) is 1. The SMILES string of the molecule is CC(NCc1cccs1)C1CCN(C)CC1. The molecular weight excluding hydrogens is 216 g/mol. The largest absolute Gasteiger partial charge is 0.309 e. The molecule has 0 spiro atoms. The molecule has 2 heterocycles. The molecule has 0 radical (unpaired) electrons. The maximum absolute atomic E-state index is 3.66. The lowest BCUT2D eigenvalue weighted by atomic mass is 9.90. The summed E-state index contributed by atoms with van der Waals surface area (Å²) in [6.07, 6.45) is 2.68. The van der Waals surface area contributed by atoms with Crippen LogP contribution < -0.4 is 5.32 Å². The molecule has 1 aromatic rings. The molecule has 1 aliphatic rings. The van der Waals surface area contributed by atoms with E-state index < -0.39 is 0 Å². The van der Waals surface area contributed by atoms with Gasteiger partial charge in [0.25, 0.3) is 0 Å². The van der Waals surface area contributed by atoms with Gasteiger partial charge in [0.2, 0.25) is 0 Å². The fourth-order valence-electron chi connectivity index (χ4n) is 2.37. The van der Waals surface area contributed by atoms with E-state index in [0.717, 1.165) is 12.5 Å². The molecule has 0 aliphatic carbocycles. The van der Waals surface area contributed by atoms with Crippen LogP contribution in [0.3, 0.4) is 0 Å². The minimum atomic E-state index is 0.649. The van der Waals surface area contributed by atoms with Crippen molar-refractivity contribution in [2.24, 2.45) is 5.92 Å². The number of hydrogen-bond donors (Lipinski definition) is 1. The summed E-state index contributed by atoms with van der Waals surface area (Å²) in [6, 6.07) is 4.98. The van der Waals surface area contributed by atoms with Crippen LogP contribution >= 0.6 is 11.3 Å². The van der Waals surface area contributed by atoms with Crippen molar-refractivity contribution < 1.29 is 0 Å². The normalized spacial score (nSPS) is 21.1. The summed E-state index contributed by atoms with van der Waals surface area (Å²) in [4.78, 5) is 3.88. The minimum Gasteiger partial charge on any atom is -0.309 e. The van der Waals surface area contributed by atoms with Crippen LogP contribution in [0.4, 0.5) is 0 Å². The Morgan fingerprint density at radius 3 is 2.88 bits per heavy atom. The summed E-state index contributed by atoms with van der Waals surface area (Å²) < 4.78 is 0. The van der Waals surface area contributed by atoms with Gasteiger partial charge in [-0.2, -0.15) is 0 Å². The summed E-state index contributed by atoms with van der Waals surface area (Å²) in [5.74, 6) is 0.858. The van der Waals surface area contributed by atoms with Crippen molar-refractivity contribution in [1.29, 1.82) is 0 Å². The van der Waals surface area contributed by atoms with Crippen LogP contribution in [0.1, 0.15) is 24.6 Å². The van der Waals surface area contributed by atoms with Crippen LogP contribution in [-0.2, 0) is 6.54 Å². The number of nitrogens with zero attached hydrogens (tertiary/aromatic N) is 1. The first kappa shape index (κ1) is 12.1. The molecule has 0 amide bonds. The highest BCUT2D eigenvalue weighted by molar-refractivity contribution is 7.09. The van der Waals surface area contributed by atoms with E-state index in [9.17, 15) is 0 Å². The van der Waals surface area contributed by atoms with Gasteiger partial charge in [0.1, 0.15) is 0 Å². The van der Waals surface area contributed by atoms with Crippen molar-refractivity contribution in [2.45, 2.75) is 32.4 Å². The van der Waals surface area contributed by atoms with Gasteiger partial charge in [-0.1, -0.05) is 6.07 Å². The third kappa shape index (κ3) is 3.30. The minimum absolute atomic E-state index is 0.649. The van der Waals surface area contributed by atoms with Crippen LogP contribution in [0.25, 0.3) is 0 Å². The Balaban J connectivity index is 1.73. The molecule has 2 rings (SSSR count). The van der Waals surface area contributed by atoms with Gasteiger partial charge in [0, 0.05) is 17.5 Å². The highest BCUT2D eigenvalue weighted by Crippen LogP contribution is 2.20. The molecule has 1 saturated heterocycles. The lowest BCUT2D eigenvalue weighted by Gasteiger charge is -2.33. The lowest BCUT2D eigenvalue weighted by Crippen LogP contribution is -2.40. The van der Waals surface area contributed by atoms with Gasteiger partial charge in [-0.05, 0) is 57.3 Å². The van der Waals surface area contributed by atoms with Gasteiger partial charge in [0.15, 0.2) is 0 Å². The topological polar surface area (TPSA) is 15.3 Å². The van der Waals surface area contributed by atoms with Crippen molar-refractivity contribution in [2.75, 3.05) is 20.1 Å². The predicted octanol–water partition coefficient (Wildman–Crippen LogP) is 2.57. The second kappa shape index (κ2) is 5.80. The summed E-state index contributed by atoms with van der Waals surface area (Å²) in [6.45, 7) is 5.89. The smallest absolute Gasteiger partial charge is 0.0302 e. The molecule has 1 atom stereocenters. The van der Waals surface area contributed by atoms with Crippen LogP contribution in [0.5, 0.6) is 0 Å². The Labute approximate surface area is 103 Å². The fourth-order valence-corrected chi connectivity index (χ4v) is 3.03. The molecule has 0 saturated carbocycles. The predicted molar refractivity (Wildman–Crippen MR) is 70.8 cm³/mol. The number of hydrogen-bond acceptors (Lipinski definition) is 3. The van der Waals surface area contributed by atoms with E-state index in [1.165, 1.54) is 30.8 Å². The van der Waals surface area contributed by atoms with E-state index in [0.29, 0.717) is 6.04 Å². The monoisotopic (exact) mass is 238 g/mol. The molecule has 0 aromatic carbocycles. The first-order chi connectivity index (χ1) is 7.75. The molecule has 16 heavy (non-hydrogen) atoms. The Hall–Kier alpha value is -0.380. The quantitative estimate of drug-likeness (QED) is 0.867. The first-order valence-corrected chi connectivity index (χ1v) is 7.08. The van der Waals surface area contributed by atoms with Gasteiger partial charge >= 0.3 is 0 Å². The van der Waals surface area contributed by atoms with E-state index in [4.69, 9.17) is 0 Å². The number of likely N-dealkylation sites (tertiary alicyclic amines) is 1. The third-order valence-electron chi connectivity index (χ3n) is 3.65. The molecule has 1 aromatic heterocycles. The van der Waals surface area contributed by atoms with Crippen LogP contribution in [0, 0.1) is 5.92 Å². The third-order valence-corrected chi connectivity index (χ3v) is 4.53. The Morgan fingerprint density at radius 1 is 1.50 bits per heavy atom. The van der Waals surface area contributed by atoms with Gasteiger partial charge in [-0.15, -0.1) is 11.3 Å². The van der Waals surface area contributed by atoms with E-state index in [1.54, 1.807) is 0 Å². The Bertz CT molecular complexity index is 289. The molecule has 0 bridgehead atoms. The molecule has 1 N–H and O–H groups in total. The van der Waals surface area contributed by atoms with E-state index in [-0.39, 0.29) is 0 Å². The highest BCUT2D eigenvalue weighted by Gasteiger charge is 2.21. The number of rotatable bonds is 4. The van der Waals surface area contributed by atoms with Gasteiger partial charge in [0.05, 0.1) is 0 Å². The zero-order valence-corrected chi connectivity index (χ0v) is 11.1. The van der Waals surface area contributed by atoms with Crippen LogP contribution in [-0.4, -0.2) is 31.1 Å². The van der Waals surface area contributed by atoms with E-state index >= 15 is 0 Å². The molecule has 3 heteroatoms. The first-order valence-electron chi connectivity index (χ1n) is 6.20. The van der Waals surface area contributed by atoms with Gasteiger partial charge in [-0.3, -0.25) is 0 Å². The van der Waals surface area contributed by atoms with Crippen LogP contribution in [0.2, 0.25) is 0 Å². The Morgan fingerprint density at radius 2 is 2.25 bits per heavy atom. The van der Waals surface area contributed by atoms with E-state index in [1.807, 2.05) is 11.3 Å². The second-order valence-corrected chi connectivity index (χ2v) is 5.92. The van der Waals surface area contributed by atoms with Gasteiger partial charge in [-0.25, -0.2) is 0 Å². The van der Waals surface area contributed by atoms with E-state index in [2.05, 4.69) is 41.7 Å². The van der Waals surface area contributed by atoms with Crippen molar-refractivity contribution in [1.82, 2.24) is 10.2 Å². The molecule has 2 nitrogen and oxygen atoms in total. The standard InChI is InChI=1S/C13H22N2S/c1-11(12-5-7-15(2)8-6-12)14-10-13-4-3-9-16-13/h3-4,9,11-12,14H,5-8,10H2,1-2H3. The van der Waals surface area contributed by atoms with Gasteiger partial charge < -0.3 is 10.2 Å². The summed E-state index contributed by atoms with van der Waals surface area (Å²) in [7, 11) is 2.22. The average Bonchev–Trinajstić information content (AvgIpc) is 2.80.